The average Bonchev–Trinajstić information content (AvgIpc) is 3.34. The summed E-state index contributed by atoms with van der Waals surface area (Å²) in [4.78, 5) is 39.1. The molecule has 0 saturated carbocycles. The van der Waals surface area contributed by atoms with Gasteiger partial charge in [-0.25, -0.2) is 4.79 Å². The lowest BCUT2D eigenvalue weighted by Crippen LogP contribution is -2.44. The SMILES string of the molecule is CCn1c(=O)c(C(=O)CSc2nnnn2-c2ccccc2OC)c(N)n(Cc2ccccc2)c1=O. The summed E-state index contributed by atoms with van der Waals surface area (Å²) in [7, 11) is 1.53. The van der Waals surface area contributed by atoms with Gasteiger partial charge in [0.25, 0.3) is 5.56 Å². The predicted molar refractivity (Wildman–Crippen MR) is 131 cm³/mol. The molecule has 11 nitrogen and oxygen atoms in total. The van der Waals surface area contributed by atoms with Crippen LogP contribution >= 0.6 is 11.8 Å². The van der Waals surface area contributed by atoms with E-state index in [2.05, 4.69) is 15.5 Å². The van der Waals surface area contributed by atoms with E-state index in [1.54, 1.807) is 19.1 Å². The maximum absolute atomic E-state index is 13.2. The maximum atomic E-state index is 13.2. The molecule has 4 aromatic rings. The molecule has 12 heteroatoms. The van der Waals surface area contributed by atoms with Gasteiger partial charge in [0.15, 0.2) is 5.78 Å². The van der Waals surface area contributed by atoms with Crippen LogP contribution in [0.25, 0.3) is 5.69 Å². The highest BCUT2D eigenvalue weighted by molar-refractivity contribution is 7.99. The van der Waals surface area contributed by atoms with Crippen molar-refractivity contribution in [1.82, 2.24) is 29.3 Å². The zero-order chi connectivity index (χ0) is 24.9. The number of carbonyl (C=O) groups excluding carboxylic acids is 1. The summed E-state index contributed by atoms with van der Waals surface area (Å²) < 4.78 is 9.07. The van der Waals surface area contributed by atoms with Crippen molar-refractivity contribution in [1.29, 1.82) is 0 Å². The van der Waals surface area contributed by atoms with Crippen LogP contribution < -0.4 is 21.7 Å². The van der Waals surface area contributed by atoms with Crippen molar-refractivity contribution >= 4 is 23.4 Å². The van der Waals surface area contributed by atoms with Gasteiger partial charge in [-0.2, -0.15) is 4.68 Å². The second-order valence-corrected chi connectivity index (χ2v) is 8.36. The molecule has 35 heavy (non-hydrogen) atoms. The quantitative estimate of drug-likeness (QED) is 0.272. The number of rotatable bonds is 9. The number of tetrazole rings is 1. The van der Waals surface area contributed by atoms with E-state index < -0.39 is 17.0 Å². The molecule has 0 aliphatic rings. The summed E-state index contributed by atoms with van der Waals surface area (Å²) in [5, 5.41) is 12.0. The fraction of sp³-hybridized carbons (Fsp3) is 0.217. The second kappa shape index (κ2) is 10.4. The summed E-state index contributed by atoms with van der Waals surface area (Å²) in [6.45, 7) is 1.90. The minimum atomic E-state index is -0.714. The number of hydrogen-bond donors (Lipinski definition) is 1. The van der Waals surface area contributed by atoms with Gasteiger partial charge in [-0.1, -0.05) is 54.2 Å². The van der Waals surface area contributed by atoms with E-state index in [1.165, 1.54) is 16.4 Å². The van der Waals surface area contributed by atoms with Gasteiger partial charge in [0.1, 0.15) is 22.8 Å². The third-order valence-electron chi connectivity index (χ3n) is 5.33. The van der Waals surface area contributed by atoms with Gasteiger partial charge >= 0.3 is 5.69 Å². The van der Waals surface area contributed by atoms with Crippen molar-refractivity contribution in [3.8, 4) is 11.4 Å². The van der Waals surface area contributed by atoms with Crippen LogP contribution in [-0.2, 0) is 13.1 Å². The van der Waals surface area contributed by atoms with Crippen LogP contribution in [0.3, 0.4) is 0 Å². The van der Waals surface area contributed by atoms with Crippen molar-refractivity contribution in [3.63, 3.8) is 0 Å². The molecule has 2 heterocycles. The molecule has 0 spiro atoms. The molecule has 2 aromatic heterocycles. The zero-order valence-electron chi connectivity index (χ0n) is 19.1. The van der Waals surface area contributed by atoms with Gasteiger partial charge in [0, 0.05) is 6.54 Å². The normalized spacial score (nSPS) is 10.9. The number of ketones is 1. The third kappa shape index (κ3) is 4.73. The van der Waals surface area contributed by atoms with Crippen LogP contribution in [0.2, 0.25) is 0 Å². The lowest BCUT2D eigenvalue weighted by atomic mass is 10.2. The van der Waals surface area contributed by atoms with Gasteiger partial charge < -0.3 is 10.5 Å². The number of nitrogens with two attached hydrogens (primary N) is 1. The first-order valence-electron chi connectivity index (χ1n) is 10.7. The van der Waals surface area contributed by atoms with Crippen molar-refractivity contribution in [2.45, 2.75) is 25.2 Å². The maximum Gasteiger partial charge on any atom is 0.332 e. The fourth-order valence-electron chi connectivity index (χ4n) is 3.60. The highest BCUT2D eigenvalue weighted by atomic mass is 32.2. The minimum absolute atomic E-state index is 0.103. The van der Waals surface area contributed by atoms with Crippen LogP contribution in [0.1, 0.15) is 22.8 Å². The van der Waals surface area contributed by atoms with Crippen LogP contribution in [-0.4, -0.2) is 48.0 Å². The first-order chi connectivity index (χ1) is 17.0. The van der Waals surface area contributed by atoms with Gasteiger partial charge in [-0.15, -0.1) is 5.10 Å². The monoisotopic (exact) mass is 493 g/mol. The molecule has 0 bridgehead atoms. The Bertz CT molecular complexity index is 1480. The first kappa shape index (κ1) is 24.0. The van der Waals surface area contributed by atoms with Crippen LogP contribution in [0.5, 0.6) is 5.75 Å². The average molecular weight is 494 g/mol. The number of methoxy groups -OCH3 is 1. The predicted octanol–water partition coefficient (Wildman–Crippen LogP) is 1.62. The van der Waals surface area contributed by atoms with Crippen LogP contribution in [0.4, 0.5) is 5.82 Å². The standard InChI is InChI=1S/C23H23N7O4S/c1-3-28-21(32)19(20(24)29(23(28)33)13-15-9-5-4-6-10-15)17(31)14-35-22-25-26-27-30(22)16-11-7-8-12-18(16)34-2/h4-12H,3,13-14,24H2,1-2H3. The number of nitrogens with zero attached hydrogens (tertiary/aromatic N) is 6. The molecule has 180 valence electrons. The second-order valence-electron chi connectivity index (χ2n) is 7.42. The van der Waals surface area contributed by atoms with Crippen molar-refractivity contribution in [3.05, 3.63) is 86.6 Å². The third-order valence-corrected chi connectivity index (χ3v) is 6.25. The summed E-state index contributed by atoms with van der Waals surface area (Å²) in [6.07, 6.45) is 0. The summed E-state index contributed by atoms with van der Waals surface area (Å²) in [6, 6.07) is 16.4. The summed E-state index contributed by atoms with van der Waals surface area (Å²) in [5.41, 5.74) is 6.12. The number of Topliss-reactive ketones (excluding diaryl/α,β-unsaturated/α-hetero) is 1. The van der Waals surface area contributed by atoms with Gasteiger partial charge in [0.05, 0.1) is 19.4 Å². The molecule has 2 aromatic carbocycles. The summed E-state index contributed by atoms with van der Waals surface area (Å²) >= 11 is 1.05. The Hall–Kier alpha value is -4.19. The Balaban J connectivity index is 1.66. The van der Waals surface area contributed by atoms with E-state index in [9.17, 15) is 14.4 Å². The Labute approximate surface area is 204 Å². The van der Waals surface area contributed by atoms with Crippen molar-refractivity contribution in [2.75, 3.05) is 18.6 Å². The Morgan fingerprint density at radius 3 is 2.49 bits per heavy atom. The fourth-order valence-corrected chi connectivity index (χ4v) is 4.36. The number of anilines is 1. The molecular formula is C23H23N7O4S. The molecule has 2 N–H and O–H groups in total. The van der Waals surface area contributed by atoms with E-state index in [0.717, 1.165) is 21.9 Å². The first-order valence-corrected chi connectivity index (χ1v) is 11.7. The highest BCUT2D eigenvalue weighted by Crippen LogP contribution is 2.26. The number of benzene rings is 2. The van der Waals surface area contributed by atoms with Crippen LogP contribution in [0.15, 0.2) is 69.3 Å². The number of nitrogen functional groups attached to an aromatic ring is 1. The van der Waals surface area contributed by atoms with E-state index >= 15 is 0 Å². The van der Waals surface area contributed by atoms with Crippen molar-refractivity contribution < 1.29 is 9.53 Å². The minimum Gasteiger partial charge on any atom is -0.494 e. The van der Waals surface area contributed by atoms with Crippen molar-refractivity contribution in [2.24, 2.45) is 0 Å². The number of thioether (sulfide) groups is 1. The van der Waals surface area contributed by atoms with E-state index in [1.807, 2.05) is 42.5 Å². The molecule has 0 radical (unpaired) electrons. The molecule has 0 aliphatic carbocycles. The number of carbonyl (C=O) groups is 1. The molecule has 0 aliphatic heterocycles. The largest absolute Gasteiger partial charge is 0.494 e. The van der Waals surface area contributed by atoms with Gasteiger partial charge in [-0.05, 0) is 35.0 Å². The highest BCUT2D eigenvalue weighted by Gasteiger charge is 2.24. The molecule has 0 amide bonds. The lowest BCUT2D eigenvalue weighted by molar-refractivity contribution is 0.102. The van der Waals surface area contributed by atoms with E-state index in [4.69, 9.17) is 10.5 Å². The molecule has 0 fully saturated rings. The lowest BCUT2D eigenvalue weighted by Gasteiger charge is -2.15. The van der Waals surface area contributed by atoms with Gasteiger partial charge in [-0.3, -0.25) is 18.7 Å². The van der Waals surface area contributed by atoms with Gasteiger partial charge in [0.2, 0.25) is 5.16 Å². The Morgan fingerprint density at radius 1 is 1.06 bits per heavy atom. The number of para-hydroxylation sites is 2. The molecule has 0 saturated heterocycles. The molecule has 0 atom stereocenters. The number of aromatic nitrogens is 6. The summed E-state index contributed by atoms with van der Waals surface area (Å²) in [5.74, 6) is -0.307. The van der Waals surface area contributed by atoms with Crippen LogP contribution in [0, 0.1) is 0 Å². The Kier molecular flexibility index (Phi) is 7.11. The zero-order valence-corrected chi connectivity index (χ0v) is 19.9. The molecule has 0 unspecified atom stereocenters. The smallest absolute Gasteiger partial charge is 0.332 e. The van der Waals surface area contributed by atoms with E-state index in [0.29, 0.717) is 16.6 Å². The number of ether oxygens (including phenoxy) is 1. The molecule has 4 rings (SSSR count). The topological polar surface area (TPSA) is 140 Å². The number of hydrogen-bond acceptors (Lipinski definition) is 9. The van der Waals surface area contributed by atoms with E-state index in [-0.39, 0.29) is 30.2 Å². The molecular weight excluding hydrogens is 470 g/mol. The Morgan fingerprint density at radius 2 is 1.77 bits per heavy atom.